The lowest BCUT2D eigenvalue weighted by Crippen LogP contribution is -2.12. The van der Waals surface area contributed by atoms with Crippen LogP contribution in [0.3, 0.4) is 0 Å². The fourth-order valence-corrected chi connectivity index (χ4v) is 2.19. The van der Waals surface area contributed by atoms with E-state index in [1.165, 1.54) is 18.2 Å². The molecule has 1 aliphatic rings. The second kappa shape index (κ2) is 5.56. The maximum absolute atomic E-state index is 13.2. The summed E-state index contributed by atoms with van der Waals surface area (Å²) in [5, 5.41) is 0. The van der Waals surface area contributed by atoms with Crippen LogP contribution in [0.1, 0.15) is 22.8 Å². The van der Waals surface area contributed by atoms with Crippen molar-refractivity contribution in [2.24, 2.45) is 5.92 Å². The molecule has 1 atom stereocenters. The number of rotatable bonds is 2. The Morgan fingerprint density at radius 2 is 1.76 bits per heavy atom. The van der Waals surface area contributed by atoms with Crippen molar-refractivity contribution in [2.75, 3.05) is 13.2 Å². The highest BCUT2D eigenvalue weighted by molar-refractivity contribution is 6.09. The first-order valence-electron chi connectivity index (χ1n) is 6.83. The van der Waals surface area contributed by atoms with Gasteiger partial charge in [0.1, 0.15) is 5.82 Å². The third-order valence-corrected chi connectivity index (χ3v) is 3.34. The van der Waals surface area contributed by atoms with Crippen molar-refractivity contribution >= 4 is 5.78 Å². The van der Waals surface area contributed by atoms with Gasteiger partial charge < -0.3 is 9.47 Å². The minimum absolute atomic E-state index is 0.238. The van der Waals surface area contributed by atoms with Crippen LogP contribution in [0.5, 0.6) is 11.5 Å². The first kappa shape index (κ1) is 13.6. The summed E-state index contributed by atoms with van der Waals surface area (Å²) in [5.74, 6) is 0.818. The van der Waals surface area contributed by atoms with Crippen LogP contribution < -0.4 is 9.47 Å². The lowest BCUT2D eigenvalue weighted by molar-refractivity contribution is 0.103. The van der Waals surface area contributed by atoms with Crippen molar-refractivity contribution in [1.29, 1.82) is 0 Å². The van der Waals surface area contributed by atoms with Crippen LogP contribution in [0, 0.1) is 11.7 Å². The van der Waals surface area contributed by atoms with Gasteiger partial charge in [-0.2, -0.15) is 0 Å². The van der Waals surface area contributed by atoms with E-state index in [4.69, 9.17) is 9.47 Å². The predicted octanol–water partition coefficient (Wildman–Crippen LogP) is 3.46. The van der Waals surface area contributed by atoms with Gasteiger partial charge in [0.05, 0.1) is 13.2 Å². The number of benzene rings is 2. The van der Waals surface area contributed by atoms with Crippen LogP contribution in [-0.4, -0.2) is 19.0 Å². The summed E-state index contributed by atoms with van der Waals surface area (Å²) in [4.78, 5) is 12.4. The van der Waals surface area contributed by atoms with Gasteiger partial charge >= 0.3 is 0 Å². The molecule has 2 aromatic carbocycles. The van der Waals surface area contributed by atoms with Crippen molar-refractivity contribution < 1.29 is 18.7 Å². The molecule has 3 rings (SSSR count). The minimum atomic E-state index is -0.427. The van der Waals surface area contributed by atoms with Crippen LogP contribution in [0.4, 0.5) is 4.39 Å². The summed E-state index contributed by atoms with van der Waals surface area (Å²) in [6, 6.07) is 10.7. The van der Waals surface area contributed by atoms with Gasteiger partial charge in [-0.15, -0.1) is 0 Å². The fraction of sp³-hybridized carbons (Fsp3) is 0.235. The maximum atomic E-state index is 13.2. The quantitative estimate of drug-likeness (QED) is 0.793. The smallest absolute Gasteiger partial charge is 0.193 e. The van der Waals surface area contributed by atoms with Gasteiger partial charge in [-0.25, -0.2) is 4.39 Å². The van der Waals surface area contributed by atoms with E-state index in [-0.39, 0.29) is 5.78 Å². The Labute approximate surface area is 122 Å². The topological polar surface area (TPSA) is 35.5 Å². The van der Waals surface area contributed by atoms with Gasteiger partial charge in [0, 0.05) is 17.0 Å². The second-order valence-corrected chi connectivity index (χ2v) is 5.23. The van der Waals surface area contributed by atoms with Crippen LogP contribution in [-0.2, 0) is 0 Å². The first-order chi connectivity index (χ1) is 10.1. The number of carbonyl (C=O) groups excluding carboxylic acids is 1. The van der Waals surface area contributed by atoms with E-state index < -0.39 is 5.82 Å². The Kier molecular flexibility index (Phi) is 3.60. The van der Waals surface area contributed by atoms with Crippen molar-refractivity contribution in [1.82, 2.24) is 0 Å². The number of carbonyl (C=O) groups is 1. The maximum Gasteiger partial charge on any atom is 0.193 e. The Hall–Kier alpha value is -2.36. The molecule has 0 aromatic heterocycles. The SMILES string of the molecule is CC1COc2ccc(C(=O)c3cccc(F)c3)cc2OC1. The monoisotopic (exact) mass is 286 g/mol. The van der Waals surface area contributed by atoms with Gasteiger partial charge in [0.2, 0.25) is 0 Å². The fourth-order valence-electron chi connectivity index (χ4n) is 2.19. The molecule has 1 aliphatic heterocycles. The molecule has 1 heterocycles. The molecule has 0 amide bonds. The molecule has 0 aliphatic carbocycles. The van der Waals surface area contributed by atoms with Crippen LogP contribution >= 0.6 is 0 Å². The Morgan fingerprint density at radius 1 is 1.05 bits per heavy atom. The standard InChI is InChI=1S/C17H15FO3/c1-11-9-20-15-6-5-13(8-16(15)21-10-11)17(19)12-3-2-4-14(18)7-12/h2-8,11H,9-10H2,1H3. The number of fused-ring (bicyclic) bond motifs is 1. The normalized spacial score (nSPS) is 17.1. The molecule has 0 bridgehead atoms. The Morgan fingerprint density at radius 3 is 2.52 bits per heavy atom. The molecule has 21 heavy (non-hydrogen) atoms. The van der Waals surface area contributed by atoms with Crippen LogP contribution in [0.15, 0.2) is 42.5 Å². The van der Waals surface area contributed by atoms with E-state index >= 15 is 0 Å². The summed E-state index contributed by atoms with van der Waals surface area (Å²) in [7, 11) is 0. The molecule has 0 fully saturated rings. The molecular weight excluding hydrogens is 271 g/mol. The number of hydrogen-bond donors (Lipinski definition) is 0. The number of hydrogen-bond acceptors (Lipinski definition) is 3. The molecule has 0 radical (unpaired) electrons. The Bertz CT molecular complexity index is 681. The zero-order valence-corrected chi connectivity index (χ0v) is 11.6. The van der Waals surface area contributed by atoms with Gasteiger partial charge in [-0.05, 0) is 30.3 Å². The highest BCUT2D eigenvalue weighted by Gasteiger charge is 2.18. The van der Waals surface area contributed by atoms with Crippen molar-refractivity contribution in [3.63, 3.8) is 0 Å². The molecule has 0 spiro atoms. The summed E-state index contributed by atoms with van der Waals surface area (Å²) >= 11 is 0. The molecule has 0 N–H and O–H groups in total. The molecule has 4 heteroatoms. The van der Waals surface area contributed by atoms with Crippen LogP contribution in [0.2, 0.25) is 0 Å². The number of ketones is 1. The van der Waals surface area contributed by atoms with E-state index in [0.29, 0.717) is 41.8 Å². The highest BCUT2D eigenvalue weighted by Crippen LogP contribution is 2.32. The Balaban J connectivity index is 1.92. The zero-order valence-electron chi connectivity index (χ0n) is 11.6. The molecular formula is C17H15FO3. The summed E-state index contributed by atoms with van der Waals surface area (Å²) < 4.78 is 24.5. The lowest BCUT2D eigenvalue weighted by atomic mass is 10.0. The van der Waals surface area contributed by atoms with E-state index in [1.807, 2.05) is 6.92 Å². The molecule has 2 aromatic rings. The molecule has 1 unspecified atom stereocenters. The zero-order chi connectivity index (χ0) is 14.8. The highest BCUT2D eigenvalue weighted by atomic mass is 19.1. The lowest BCUT2D eigenvalue weighted by Gasteiger charge is -2.09. The van der Waals surface area contributed by atoms with E-state index in [0.717, 1.165) is 0 Å². The number of ether oxygens (including phenoxy) is 2. The first-order valence-corrected chi connectivity index (χ1v) is 6.83. The average Bonchev–Trinajstić information content (AvgIpc) is 2.68. The third kappa shape index (κ3) is 2.89. The largest absolute Gasteiger partial charge is 0.489 e. The molecule has 0 saturated carbocycles. The van der Waals surface area contributed by atoms with E-state index in [9.17, 15) is 9.18 Å². The van der Waals surface area contributed by atoms with Gasteiger partial charge in [0.25, 0.3) is 0 Å². The van der Waals surface area contributed by atoms with Crippen molar-refractivity contribution in [3.05, 3.63) is 59.4 Å². The minimum Gasteiger partial charge on any atom is -0.489 e. The van der Waals surface area contributed by atoms with Gasteiger partial charge in [0.15, 0.2) is 17.3 Å². The molecule has 0 saturated heterocycles. The van der Waals surface area contributed by atoms with Crippen molar-refractivity contribution in [2.45, 2.75) is 6.92 Å². The predicted molar refractivity (Wildman–Crippen MR) is 76.4 cm³/mol. The summed E-state index contributed by atoms with van der Waals surface area (Å²) in [6.45, 7) is 3.17. The van der Waals surface area contributed by atoms with Gasteiger partial charge in [-0.1, -0.05) is 19.1 Å². The van der Waals surface area contributed by atoms with E-state index in [1.54, 1.807) is 24.3 Å². The number of halogens is 1. The van der Waals surface area contributed by atoms with E-state index in [2.05, 4.69) is 0 Å². The van der Waals surface area contributed by atoms with Crippen LogP contribution in [0.25, 0.3) is 0 Å². The summed E-state index contributed by atoms with van der Waals surface area (Å²) in [6.07, 6.45) is 0. The average molecular weight is 286 g/mol. The molecule has 108 valence electrons. The second-order valence-electron chi connectivity index (χ2n) is 5.23. The summed E-state index contributed by atoms with van der Waals surface area (Å²) in [5.41, 5.74) is 0.773. The molecule has 3 nitrogen and oxygen atoms in total. The van der Waals surface area contributed by atoms with Gasteiger partial charge in [-0.3, -0.25) is 4.79 Å². The third-order valence-electron chi connectivity index (χ3n) is 3.34. The van der Waals surface area contributed by atoms with Crippen molar-refractivity contribution in [3.8, 4) is 11.5 Å².